The molecule has 0 bridgehead atoms. The van der Waals surface area contributed by atoms with E-state index in [2.05, 4.69) is 61.9 Å². The van der Waals surface area contributed by atoms with Gasteiger partial charge in [0.2, 0.25) is 0 Å². The first-order valence-electron chi connectivity index (χ1n) is 6.52. The molecular weight excluding hydrogens is 290 g/mol. The monoisotopic (exact) mass is 313 g/mol. The van der Waals surface area contributed by atoms with Crippen LogP contribution < -0.4 is 10.1 Å². The summed E-state index contributed by atoms with van der Waals surface area (Å²) in [6, 6.07) is 6.09. The molecule has 1 rings (SSSR count). The number of hydrogen-bond acceptors (Lipinski definition) is 2. The van der Waals surface area contributed by atoms with Crippen LogP contribution in [0.5, 0.6) is 5.75 Å². The average molecular weight is 314 g/mol. The molecule has 0 radical (unpaired) electrons. The Labute approximate surface area is 119 Å². The van der Waals surface area contributed by atoms with Crippen molar-refractivity contribution in [2.45, 2.75) is 52.7 Å². The van der Waals surface area contributed by atoms with E-state index in [4.69, 9.17) is 4.74 Å². The lowest BCUT2D eigenvalue weighted by Crippen LogP contribution is -2.43. The van der Waals surface area contributed by atoms with E-state index < -0.39 is 0 Å². The summed E-state index contributed by atoms with van der Waals surface area (Å²) in [7, 11) is 0. The highest BCUT2D eigenvalue weighted by Gasteiger charge is 2.15. The quantitative estimate of drug-likeness (QED) is 0.845. The molecule has 1 N–H and O–H groups in total. The molecule has 0 spiro atoms. The van der Waals surface area contributed by atoms with Crippen LogP contribution in [0, 0.1) is 6.92 Å². The summed E-state index contributed by atoms with van der Waals surface area (Å²) in [5, 5.41) is 3.52. The van der Waals surface area contributed by atoms with Gasteiger partial charge in [-0.25, -0.2) is 0 Å². The third kappa shape index (κ3) is 4.99. The lowest BCUT2D eigenvalue weighted by molar-refractivity contribution is 0.199. The Morgan fingerprint density at radius 2 is 2.06 bits per heavy atom. The highest BCUT2D eigenvalue weighted by molar-refractivity contribution is 9.10. The van der Waals surface area contributed by atoms with Gasteiger partial charge in [0, 0.05) is 16.6 Å². The predicted molar refractivity (Wildman–Crippen MR) is 81.3 cm³/mol. The van der Waals surface area contributed by atoms with Crippen LogP contribution in [0.3, 0.4) is 0 Å². The molecule has 1 aromatic carbocycles. The number of nitrogens with one attached hydrogen (secondary N) is 1. The first-order chi connectivity index (χ1) is 8.34. The van der Waals surface area contributed by atoms with Crippen molar-refractivity contribution in [2.75, 3.05) is 6.54 Å². The largest absolute Gasteiger partial charge is 0.489 e. The maximum absolute atomic E-state index is 5.91. The van der Waals surface area contributed by atoms with Crippen molar-refractivity contribution in [3.05, 3.63) is 28.2 Å². The molecule has 0 saturated carbocycles. The van der Waals surface area contributed by atoms with Gasteiger partial charge in [0.15, 0.2) is 0 Å². The molecule has 0 aromatic heterocycles. The molecule has 2 nitrogen and oxygen atoms in total. The van der Waals surface area contributed by atoms with Crippen LogP contribution in [0.2, 0.25) is 0 Å². The fraction of sp³-hybridized carbons (Fsp3) is 0.600. The molecule has 0 fully saturated rings. The molecule has 0 heterocycles. The fourth-order valence-corrected chi connectivity index (χ4v) is 1.76. The lowest BCUT2D eigenvalue weighted by atomic mass is 10.0. The van der Waals surface area contributed by atoms with Crippen LogP contribution in [-0.4, -0.2) is 18.2 Å². The van der Waals surface area contributed by atoms with Crippen molar-refractivity contribution in [3.63, 3.8) is 0 Å². The van der Waals surface area contributed by atoms with Gasteiger partial charge < -0.3 is 10.1 Å². The first-order valence-corrected chi connectivity index (χ1v) is 7.31. The molecule has 0 aliphatic heterocycles. The zero-order chi connectivity index (χ0) is 13.8. The normalized spacial score (nSPS) is 13.4. The lowest BCUT2D eigenvalue weighted by Gasteiger charge is -2.27. The average Bonchev–Trinajstić information content (AvgIpc) is 2.32. The molecule has 3 heteroatoms. The molecule has 18 heavy (non-hydrogen) atoms. The summed E-state index contributed by atoms with van der Waals surface area (Å²) in [6.45, 7) is 11.6. The van der Waals surface area contributed by atoms with Crippen molar-refractivity contribution in [3.8, 4) is 5.75 Å². The van der Waals surface area contributed by atoms with Crippen LogP contribution in [-0.2, 0) is 0 Å². The summed E-state index contributed by atoms with van der Waals surface area (Å²) in [6.07, 6.45) is 1.27. The zero-order valence-corrected chi connectivity index (χ0v) is 13.6. The number of benzene rings is 1. The third-order valence-electron chi connectivity index (χ3n) is 3.22. The Bertz CT molecular complexity index is 390. The summed E-state index contributed by atoms with van der Waals surface area (Å²) in [4.78, 5) is 0. The molecule has 1 aromatic rings. The van der Waals surface area contributed by atoms with Gasteiger partial charge in [0.25, 0.3) is 0 Å². The standard InChI is InChI=1S/C15H24BrNO/c1-6-15(4,5)17-10-12(3)18-13-7-8-14(16)11(2)9-13/h7-9,12,17H,6,10H2,1-5H3. The van der Waals surface area contributed by atoms with Gasteiger partial charge in [-0.2, -0.15) is 0 Å². The third-order valence-corrected chi connectivity index (χ3v) is 4.11. The van der Waals surface area contributed by atoms with Gasteiger partial charge >= 0.3 is 0 Å². The maximum atomic E-state index is 5.91. The van der Waals surface area contributed by atoms with Gasteiger partial charge in [-0.15, -0.1) is 0 Å². The van der Waals surface area contributed by atoms with E-state index in [1.165, 1.54) is 5.56 Å². The van der Waals surface area contributed by atoms with E-state index in [0.717, 1.165) is 23.2 Å². The Balaban J connectivity index is 2.49. The van der Waals surface area contributed by atoms with Crippen molar-refractivity contribution >= 4 is 15.9 Å². The van der Waals surface area contributed by atoms with Crippen LogP contribution in [0.15, 0.2) is 22.7 Å². The molecule has 102 valence electrons. The van der Waals surface area contributed by atoms with E-state index in [1.807, 2.05) is 12.1 Å². The summed E-state index contributed by atoms with van der Waals surface area (Å²) >= 11 is 3.49. The van der Waals surface area contributed by atoms with Gasteiger partial charge in [0.05, 0.1) is 0 Å². The Morgan fingerprint density at radius 3 is 2.61 bits per heavy atom. The van der Waals surface area contributed by atoms with Crippen molar-refractivity contribution in [1.29, 1.82) is 0 Å². The molecular formula is C15H24BrNO. The topological polar surface area (TPSA) is 21.3 Å². The van der Waals surface area contributed by atoms with Gasteiger partial charge in [-0.1, -0.05) is 22.9 Å². The number of halogens is 1. The number of ether oxygens (including phenoxy) is 1. The highest BCUT2D eigenvalue weighted by Crippen LogP contribution is 2.22. The van der Waals surface area contributed by atoms with Crippen LogP contribution in [0.4, 0.5) is 0 Å². The van der Waals surface area contributed by atoms with Crippen molar-refractivity contribution < 1.29 is 4.74 Å². The minimum atomic E-state index is 0.163. The second-order valence-corrected chi connectivity index (χ2v) is 6.31. The predicted octanol–water partition coefficient (Wildman–Crippen LogP) is 4.30. The summed E-state index contributed by atoms with van der Waals surface area (Å²) in [5.41, 5.74) is 1.37. The molecule has 0 aliphatic carbocycles. The van der Waals surface area contributed by atoms with Gasteiger partial charge in [0.1, 0.15) is 11.9 Å². The van der Waals surface area contributed by atoms with Crippen LogP contribution >= 0.6 is 15.9 Å². The second-order valence-electron chi connectivity index (χ2n) is 5.46. The number of aryl methyl sites for hydroxylation is 1. The molecule has 0 aliphatic rings. The zero-order valence-electron chi connectivity index (χ0n) is 12.0. The molecule has 1 atom stereocenters. The van der Waals surface area contributed by atoms with E-state index in [-0.39, 0.29) is 11.6 Å². The number of rotatable bonds is 6. The van der Waals surface area contributed by atoms with Crippen LogP contribution in [0.25, 0.3) is 0 Å². The maximum Gasteiger partial charge on any atom is 0.120 e. The Morgan fingerprint density at radius 1 is 1.39 bits per heavy atom. The minimum absolute atomic E-state index is 0.163. The van der Waals surface area contributed by atoms with E-state index in [1.54, 1.807) is 0 Å². The Kier molecular flexibility index (Phi) is 5.67. The fourth-order valence-electron chi connectivity index (χ4n) is 1.51. The number of hydrogen-bond donors (Lipinski definition) is 1. The van der Waals surface area contributed by atoms with E-state index >= 15 is 0 Å². The summed E-state index contributed by atoms with van der Waals surface area (Å²) < 4.78 is 7.03. The van der Waals surface area contributed by atoms with Gasteiger partial charge in [-0.05, 0) is 57.9 Å². The first kappa shape index (κ1) is 15.5. The van der Waals surface area contributed by atoms with Crippen molar-refractivity contribution in [2.24, 2.45) is 0 Å². The minimum Gasteiger partial charge on any atom is -0.489 e. The van der Waals surface area contributed by atoms with Gasteiger partial charge in [-0.3, -0.25) is 0 Å². The van der Waals surface area contributed by atoms with E-state index in [0.29, 0.717) is 0 Å². The SMILES string of the molecule is CCC(C)(C)NCC(C)Oc1ccc(Br)c(C)c1. The molecule has 0 saturated heterocycles. The van der Waals surface area contributed by atoms with Crippen LogP contribution in [0.1, 0.15) is 39.7 Å². The molecule has 1 unspecified atom stereocenters. The van der Waals surface area contributed by atoms with Crippen molar-refractivity contribution in [1.82, 2.24) is 5.32 Å². The van der Waals surface area contributed by atoms with E-state index in [9.17, 15) is 0 Å². The Hall–Kier alpha value is -0.540. The highest BCUT2D eigenvalue weighted by atomic mass is 79.9. The molecule has 0 amide bonds. The summed E-state index contributed by atoms with van der Waals surface area (Å²) in [5.74, 6) is 0.930. The second kappa shape index (κ2) is 6.58. The smallest absolute Gasteiger partial charge is 0.120 e.